The minimum atomic E-state index is 0.0850. The summed E-state index contributed by atoms with van der Waals surface area (Å²) in [6, 6.07) is 28.3. The summed E-state index contributed by atoms with van der Waals surface area (Å²) in [5.41, 5.74) is 15.2. The van der Waals surface area contributed by atoms with Gasteiger partial charge in [-0.15, -0.1) is 0 Å². The van der Waals surface area contributed by atoms with Crippen molar-refractivity contribution in [1.29, 1.82) is 0 Å². The van der Waals surface area contributed by atoms with Gasteiger partial charge in [0.25, 0.3) is 0 Å². The Kier molecular flexibility index (Phi) is 7.98. The van der Waals surface area contributed by atoms with Crippen molar-refractivity contribution in [3.8, 4) is 22.8 Å². The second-order valence-electron chi connectivity index (χ2n) is 11.5. The van der Waals surface area contributed by atoms with Crippen molar-refractivity contribution in [2.45, 2.75) is 52.1 Å². The van der Waals surface area contributed by atoms with E-state index < -0.39 is 0 Å². The van der Waals surface area contributed by atoms with E-state index in [4.69, 9.17) is 30.7 Å². The molecule has 7 heterocycles. The Bertz CT molecular complexity index is 1610. The molecule has 0 aliphatic carbocycles. The molecular formula is C35H34N8O. The van der Waals surface area contributed by atoms with Gasteiger partial charge >= 0.3 is 0 Å². The zero-order valence-corrected chi connectivity index (χ0v) is 24.6. The third kappa shape index (κ3) is 6.45. The van der Waals surface area contributed by atoms with Crippen molar-refractivity contribution >= 4 is 5.78 Å². The zero-order chi connectivity index (χ0) is 29.9. The molecule has 0 fully saturated rings. The first-order valence-corrected chi connectivity index (χ1v) is 15.1. The van der Waals surface area contributed by atoms with Crippen LogP contribution in [0.3, 0.4) is 0 Å². The summed E-state index contributed by atoms with van der Waals surface area (Å²) in [7, 11) is 0. The van der Waals surface area contributed by atoms with Crippen LogP contribution in [0.1, 0.15) is 57.4 Å². The molecule has 2 aliphatic rings. The van der Waals surface area contributed by atoms with Crippen LogP contribution < -0.4 is 5.73 Å². The monoisotopic (exact) mass is 582 g/mol. The molecule has 7 rings (SSSR count). The van der Waals surface area contributed by atoms with Gasteiger partial charge in [-0.05, 0) is 73.6 Å². The van der Waals surface area contributed by atoms with Gasteiger partial charge in [-0.1, -0.05) is 24.3 Å². The Morgan fingerprint density at radius 1 is 0.545 bits per heavy atom. The van der Waals surface area contributed by atoms with Crippen LogP contribution in [0, 0.1) is 0 Å². The molecule has 5 aromatic rings. The molecule has 2 N–H and O–H groups in total. The van der Waals surface area contributed by atoms with Crippen LogP contribution >= 0.6 is 0 Å². The number of hydrogen-bond acceptors (Lipinski definition) is 9. The Morgan fingerprint density at radius 2 is 0.909 bits per heavy atom. The number of Topliss-reactive ketones (excluding diaryl/α,β-unsaturated/α-hetero) is 1. The fourth-order valence-electron chi connectivity index (χ4n) is 5.93. The first kappa shape index (κ1) is 28.1. The summed E-state index contributed by atoms with van der Waals surface area (Å²) in [4.78, 5) is 43.1. The molecule has 0 radical (unpaired) electrons. The normalized spacial score (nSPS) is 17.5. The second-order valence-corrected chi connectivity index (χ2v) is 11.5. The fraction of sp³-hybridized carbons (Fsp3) is 0.257. The topological polar surface area (TPSA) is 114 Å². The van der Waals surface area contributed by atoms with Crippen LogP contribution in [-0.2, 0) is 39.3 Å². The number of hydrogen-bond donors (Lipinski definition) is 1. The molecule has 0 amide bonds. The standard InChI is InChI=1S/C35H34N8O/c36-15-5-14-35(44)24-16-29-22-42-18-25-6-1-10-31(38-25)32-11-2-7-26(39-32)20-43(23-30(17-24)37-29)21-28-9-4-13-34(41-28)33-12-3-8-27(19-42)40-33/h1-4,6-13,16-17H,5,14-15,18-23,36H2. The minimum Gasteiger partial charge on any atom is -0.330 e. The quantitative estimate of drug-likeness (QED) is 0.294. The lowest BCUT2D eigenvalue weighted by molar-refractivity contribution is 0.0980. The smallest absolute Gasteiger partial charge is 0.163 e. The average Bonchev–Trinajstić information content (AvgIpc) is 3.03. The molecule has 5 aromatic heterocycles. The number of pyridine rings is 5. The van der Waals surface area contributed by atoms with Crippen LogP contribution in [0.2, 0.25) is 0 Å². The number of fused-ring (bicyclic) bond motifs is 12. The van der Waals surface area contributed by atoms with Crippen molar-refractivity contribution in [2.75, 3.05) is 6.54 Å². The molecule has 2 aliphatic heterocycles. The van der Waals surface area contributed by atoms with Gasteiger partial charge in [0, 0.05) is 51.3 Å². The first-order chi connectivity index (χ1) is 21.6. The largest absolute Gasteiger partial charge is 0.330 e. The number of nitrogens with two attached hydrogens (primary N) is 1. The lowest BCUT2D eigenvalue weighted by Crippen LogP contribution is -2.26. The minimum absolute atomic E-state index is 0.0850. The highest BCUT2D eigenvalue weighted by atomic mass is 16.1. The summed E-state index contributed by atoms with van der Waals surface area (Å²) in [5, 5.41) is 0. The van der Waals surface area contributed by atoms with Gasteiger partial charge in [0.2, 0.25) is 0 Å². The molecule has 44 heavy (non-hydrogen) atoms. The summed E-state index contributed by atoms with van der Waals surface area (Å²) < 4.78 is 0. The van der Waals surface area contributed by atoms with Crippen molar-refractivity contribution in [3.63, 3.8) is 0 Å². The van der Waals surface area contributed by atoms with Gasteiger partial charge in [0.15, 0.2) is 5.78 Å². The van der Waals surface area contributed by atoms with Crippen LogP contribution in [0.5, 0.6) is 0 Å². The molecule has 9 nitrogen and oxygen atoms in total. The van der Waals surface area contributed by atoms with Crippen LogP contribution in [-0.4, -0.2) is 47.0 Å². The highest BCUT2D eigenvalue weighted by Gasteiger charge is 2.20. The Morgan fingerprint density at radius 3 is 1.27 bits per heavy atom. The summed E-state index contributed by atoms with van der Waals surface area (Å²) in [5.74, 6) is 0.0850. The molecular weight excluding hydrogens is 548 g/mol. The molecule has 12 bridgehead atoms. The lowest BCUT2D eigenvalue weighted by atomic mass is 10.0. The maximum atomic E-state index is 13.3. The van der Waals surface area contributed by atoms with Gasteiger partial charge in [-0.3, -0.25) is 19.6 Å². The van der Waals surface area contributed by atoms with Gasteiger partial charge in [0.1, 0.15) is 0 Å². The third-order valence-electron chi connectivity index (χ3n) is 7.93. The maximum absolute atomic E-state index is 13.3. The van der Waals surface area contributed by atoms with Crippen LogP contribution in [0.15, 0.2) is 84.9 Å². The predicted octanol–water partition coefficient (Wildman–Crippen LogP) is 4.95. The van der Waals surface area contributed by atoms with E-state index in [1.54, 1.807) is 0 Å². The molecule has 0 spiro atoms. The van der Waals surface area contributed by atoms with Crippen molar-refractivity contribution in [1.82, 2.24) is 34.7 Å². The van der Waals surface area contributed by atoms with Gasteiger partial charge in [0.05, 0.1) is 56.9 Å². The maximum Gasteiger partial charge on any atom is 0.163 e. The molecule has 0 unspecified atom stereocenters. The fourth-order valence-corrected chi connectivity index (χ4v) is 5.93. The van der Waals surface area contributed by atoms with E-state index in [1.165, 1.54) is 0 Å². The molecule has 0 aromatic carbocycles. The van der Waals surface area contributed by atoms with Gasteiger partial charge in [-0.2, -0.15) is 0 Å². The van der Waals surface area contributed by atoms with E-state index in [0.717, 1.165) is 56.9 Å². The van der Waals surface area contributed by atoms with Gasteiger partial charge in [-0.25, -0.2) is 19.9 Å². The zero-order valence-electron chi connectivity index (χ0n) is 24.6. The summed E-state index contributed by atoms with van der Waals surface area (Å²) in [6.07, 6.45) is 1.06. The number of rotatable bonds is 4. The van der Waals surface area contributed by atoms with Gasteiger partial charge < -0.3 is 5.73 Å². The van der Waals surface area contributed by atoms with Crippen LogP contribution in [0.25, 0.3) is 22.8 Å². The van der Waals surface area contributed by atoms with E-state index >= 15 is 0 Å². The first-order valence-electron chi connectivity index (χ1n) is 15.1. The second kappa shape index (κ2) is 12.5. The van der Waals surface area contributed by atoms with Crippen molar-refractivity contribution in [2.24, 2.45) is 5.73 Å². The number of nitrogens with zero attached hydrogens (tertiary/aromatic N) is 7. The Hall–Kier alpha value is -4.70. The van der Waals surface area contributed by atoms with Crippen molar-refractivity contribution < 1.29 is 4.79 Å². The number of aromatic nitrogens is 5. The lowest BCUT2D eigenvalue weighted by Gasteiger charge is -2.23. The number of carbonyl (C=O) groups excluding carboxylic acids is 1. The van der Waals surface area contributed by atoms with E-state index in [-0.39, 0.29) is 5.78 Å². The van der Waals surface area contributed by atoms with E-state index in [9.17, 15) is 4.79 Å². The number of carbonyl (C=O) groups is 1. The van der Waals surface area contributed by atoms with E-state index in [2.05, 4.69) is 9.80 Å². The van der Waals surface area contributed by atoms with Crippen LogP contribution in [0.4, 0.5) is 0 Å². The summed E-state index contributed by atoms with van der Waals surface area (Å²) >= 11 is 0. The average molecular weight is 583 g/mol. The molecule has 0 atom stereocenters. The molecule has 0 saturated carbocycles. The predicted molar refractivity (Wildman–Crippen MR) is 168 cm³/mol. The Balaban J connectivity index is 1.42. The number of ketones is 1. The van der Waals surface area contributed by atoms with E-state index in [0.29, 0.717) is 64.2 Å². The summed E-state index contributed by atoms with van der Waals surface area (Å²) in [6.45, 7) is 3.82. The highest BCUT2D eigenvalue weighted by Crippen LogP contribution is 2.24. The molecule has 220 valence electrons. The highest BCUT2D eigenvalue weighted by molar-refractivity contribution is 5.96. The molecule has 0 saturated heterocycles. The van der Waals surface area contributed by atoms with Crippen molar-refractivity contribution in [3.05, 3.63) is 125 Å². The SMILES string of the molecule is NCCCC(=O)c1cc2nc(c1)CN1Cc3cccc(n3)-c3cccc(n3)CN(C2)Cc2cccc(n2)-c2cccc(n2)C1. The van der Waals surface area contributed by atoms with E-state index in [1.807, 2.05) is 84.9 Å². The third-order valence-corrected chi connectivity index (χ3v) is 7.93. The molecule has 9 heteroatoms. The Labute approximate surface area is 256 Å².